The number of hydrogen-bond donors (Lipinski definition) is 1. The summed E-state index contributed by atoms with van der Waals surface area (Å²) in [5, 5.41) is 10.0. The number of anilines is 2. The molecular formula is C15H16N2O. The van der Waals surface area contributed by atoms with Crippen LogP contribution in [0.2, 0.25) is 0 Å². The maximum Gasteiger partial charge on any atom is 0.131 e. The lowest BCUT2D eigenvalue weighted by Crippen LogP contribution is -2.30. The molecule has 1 aliphatic rings. The Kier molecular flexibility index (Phi) is 2.40. The quantitative estimate of drug-likeness (QED) is 0.830. The maximum atomic E-state index is 10.0. The van der Waals surface area contributed by atoms with Gasteiger partial charge in [0.05, 0.1) is 11.4 Å². The minimum atomic E-state index is 0.0450. The van der Waals surface area contributed by atoms with Crippen LogP contribution in [-0.2, 0) is 0 Å². The van der Waals surface area contributed by atoms with Crippen molar-refractivity contribution >= 4 is 11.4 Å². The summed E-state index contributed by atoms with van der Waals surface area (Å²) in [6, 6.07) is 15.8. The molecule has 92 valence electrons. The average Bonchev–Trinajstić information content (AvgIpc) is 2.64. The highest BCUT2D eigenvalue weighted by Gasteiger charge is 2.33. The molecule has 3 nitrogen and oxygen atoms in total. The Balaban J connectivity index is 2.10. The molecule has 3 rings (SSSR count). The molecule has 0 fully saturated rings. The van der Waals surface area contributed by atoms with E-state index in [-0.39, 0.29) is 6.17 Å². The predicted molar refractivity (Wildman–Crippen MR) is 74.1 cm³/mol. The van der Waals surface area contributed by atoms with Crippen molar-refractivity contribution < 1.29 is 5.11 Å². The zero-order chi connectivity index (χ0) is 12.7. The number of rotatable bonds is 1. The highest BCUT2D eigenvalue weighted by Crippen LogP contribution is 2.45. The molecule has 0 saturated heterocycles. The lowest BCUT2D eigenvalue weighted by atomic mass is 10.1. The van der Waals surface area contributed by atoms with Crippen LogP contribution in [-0.4, -0.2) is 19.2 Å². The van der Waals surface area contributed by atoms with Gasteiger partial charge >= 0.3 is 0 Å². The first kappa shape index (κ1) is 11.0. The molecule has 0 radical (unpaired) electrons. The van der Waals surface area contributed by atoms with Gasteiger partial charge in [0.15, 0.2) is 0 Å². The predicted octanol–water partition coefficient (Wildman–Crippen LogP) is 2.98. The van der Waals surface area contributed by atoms with Crippen LogP contribution in [0.1, 0.15) is 11.7 Å². The van der Waals surface area contributed by atoms with Crippen LogP contribution in [0.3, 0.4) is 0 Å². The highest BCUT2D eigenvalue weighted by molar-refractivity contribution is 5.77. The smallest absolute Gasteiger partial charge is 0.131 e. The molecule has 0 unspecified atom stereocenters. The van der Waals surface area contributed by atoms with Crippen molar-refractivity contribution in [1.29, 1.82) is 0 Å². The molecule has 1 N–H and O–H groups in total. The third-order valence-electron chi connectivity index (χ3n) is 3.59. The molecule has 1 aliphatic heterocycles. The van der Waals surface area contributed by atoms with E-state index in [1.165, 1.54) is 11.4 Å². The maximum absolute atomic E-state index is 10.0. The number of phenols is 1. The van der Waals surface area contributed by atoms with Crippen LogP contribution in [0, 0.1) is 0 Å². The Bertz CT molecular complexity index is 553. The highest BCUT2D eigenvalue weighted by atomic mass is 16.3. The molecule has 0 amide bonds. The largest absolute Gasteiger partial charge is 0.508 e. The van der Waals surface area contributed by atoms with Crippen molar-refractivity contribution in [2.75, 3.05) is 23.9 Å². The standard InChI is InChI=1S/C15H16N2O/c1-16-12-8-4-5-9-13(12)17(2)15(16)11-7-3-6-10-14(11)18/h3-10,15,18H,1-2H3. The van der Waals surface area contributed by atoms with E-state index in [4.69, 9.17) is 0 Å². The van der Waals surface area contributed by atoms with Crippen molar-refractivity contribution in [3.63, 3.8) is 0 Å². The average molecular weight is 240 g/mol. The van der Waals surface area contributed by atoms with Gasteiger partial charge in [0.2, 0.25) is 0 Å². The van der Waals surface area contributed by atoms with Crippen molar-refractivity contribution in [2.45, 2.75) is 6.17 Å². The molecule has 0 aliphatic carbocycles. The Labute approximate surface area is 107 Å². The molecule has 0 spiro atoms. The van der Waals surface area contributed by atoms with Crippen LogP contribution in [0.5, 0.6) is 5.75 Å². The van der Waals surface area contributed by atoms with Gasteiger partial charge in [0.1, 0.15) is 11.9 Å². The number of aromatic hydroxyl groups is 1. The fourth-order valence-electron chi connectivity index (χ4n) is 2.71. The summed E-state index contributed by atoms with van der Waals surface area (Å²) >= 11 is 0. The summed E-state index contributed by atoms with van der Waals surface area (Å²) < 4.78 is 0. The van der Waals surface area contributed by atoms with Crippen LogP contribution in [0.15, 0.2) is 48.5 Å². The number of phenolic OH excluding ortho intramolecular Hbond substituents is 1. The van der Waals surface area contributed by atoms with E-state index in [0.717, 1.165) is 5.56 Å². The zero-order valence-corrected chi connectivity index (χ0v) is 10.5. The molecule has 1 heterocycles. The summed E-state index contributed by atoms with van der Waals surface area (Å²) in [6.07, 6.45) is 0.0450. The number of benzene rings is 2. The van der Waals surface area contributed by atoms with Crippen LogP contribution < -0.4 is 9.80 Å². The first-order valence-corrected chi connectivity index (χ1v) is 6.03. The molecule has 18 heavy (non-hydrogen) atoms. The Morgan fingerprint density at radius 1 is 0.833 bits per heavy atom. The van der Waals surface area contributed by atoms with Crippen molar-refractivity contribution in [1.82, 2.24) is 0 Å². The van der Waals surface area contributed by atoms with E-state index < -0.39 is 0 Å². The van der Waals surface area contributed by atoms with Gasteiger partial charge < -0.3 is 14.9 Å². The second kappa shape index (κ2) is 3.95. The molecule has 2 aromatic carbocycles. The first-order valence-electron chi connectivity index (χ1n) is 6.03. The molecule has 0 atom stereocenters. The van der Waals surface area contributed by atoms with Crippen LogP contribution in [0.25, 0.3) is 0 Å². The molecular weight excluding hydrogens is 224 g/mol. The second-order valence-corrected chi connectivity index (χ2v) is 4.64. The SMILES string of the molecule is CN1c2ccccc2N(C)C1c1ccccc1O. The van der Waals surface area contributed by atoms with Gasteiger partial charge in [-0.05, 0) is 18.2 Å². The van der Waals surface area contributed by atoms with Gasteiger partial charge in [-0.25, -0.2) is 0 Å². The van der Waals surface area contributed by atoms with Gasteiger partial charge in [-0.3, -0.25) is 0 Å². The van der Waals surface area contributed by atoms with E-state index in [0.29, 0.717) is 5.75 Å². The second-order valence-electron chi connectivity index (χ2n) is 4.64. The first-order chi connectivity index (χ1) is 8.70. The van der Waals surface area contributed by atoms with Crippen molar-refractivity contribution in [3.8, 4) is 5.75 Å². The topological polar surface area (TPSA) is 26.7 Å². The van der Waals surface area contributed by atoms with Crippen molar-refractivity contribution in [3.05, 3.63) is 54.1 Å². The number of hydrogen-bond acceptors (Lipinski definition) is 3. The number of nitrogens with zero attached hydrogens (tertiary/aromatic N) is 2. The lowest BCUT2D eigenvalue weighted by molar-refractivity contribution is 0.460. The number of fused-ring (bicyclic) bond motifs is 1. The zero-order valence-electron chi connectivity index (χ0n) is 10.5. The molecule has 3 heteroatoms. The third-order valence-corrected chi connectivity index (χ3v) is 3.59. The van der Waals surface area contributed by atoms with Crippen molar-refractivity contribution in [2.24, 2.45) is 0 Å². The Morgan fingerprint density at radius 2 is 1.33 bits per heavy atom. The summed E-state index contributed by atoms with van der Waals surface area (Å²) in [4.78, 5) is 4.37. The van der Waals surface area contributed by atoms with Crippen LogP contribution >= 0.6 is 0 Å². The third kappa shape index (κ3) is 1.44. The minimum absolute atomic E-state index is 0.0450. The number of para-hydroxylation sites is 3. The Morgan fingerprint density at radius 3 is 1.89 bits per heavy atom. The fraction of sp³-hybridized carbons (Fsp3) is 0.200. The van der Waals surface area contributed by atoms with E-state index in [1.54, 1.807) is 6.07 Å². The van der Waals surface area contributed by atoms with E-state index in [2.05, 4.69) is 36.0 Å². The monoisotopic (exact) mass is 240 g/mol. The Hall–Kier alpha value is -2.16. The normalized spacial score (nSPS) is 15.0. The molecule has 0 aromatic heterocycles. The van der Waals surface area contributed by atoms with Gasteiger partial charge in [0, 0.05) is 19.7 Å². The van der Waals surface area contributed by atoms with E-state index in [1.807, 2.05) is 30.3 Å². The van der Waals surface area contributed by atoms with Gasteiger partial charge in [-0.2, -0.15) is 0 Å². The summed E-state index contributed by atoms with van der Waals surface area (Å²) in [7, 11) is 4.11. The summed E-state index contributed by atoms with van der Waals surface area (Å²) in [5.41, 5.74) is 3.31. The molecule has 0 bridgehead atoms. The van der Waals surface area contributed by atoms with Gasteiger partial charge in [-0.1, -0.05) is 30.3 Å². The molecule has 0 saturated carbocycles. The van der Waals surface area contributed by atoms with E-state index in [9.17, 15) is 5.11 Å². The van der Waals surface area contributed by atoms with Gasteiger partial charge in [0.25, 0.3) is 0 Å². The van der Waals surface area contributed by atoms with Gasteiger partial charge in [-0.15, -0.1) is 0 Å². The fourth-order valence-corrected chi connectivity index (χ4v) is 2.71. The minimum Gasteiger partial charge on any atom is -0.508 e. The summed E-state index contributed by atoms with van der Waals surface area (Å²) in [5.74, 6) is 0.342. The molecule has 2 aromatic rings. The van der Waals surface area contributed by atoms with E-state index >= 15 is 0 Å². The van der Waals surface area contributed by atoms with Crippen LogP contribution in [0.4, 0.5) is 11.4 Å². The summed E-state index contributed by atoms with van der Waals surface area (Å²) in [6.45, 7) is 0. The lowest BCUT2D eigenvalue weighted by Gasteiger charge is -2.28.